The van der Waals surface area contributed by atoms with Gasteiger partial charge in [0.25, 0.3) is 5.91 Å². The van der Waals surface area contributed by atoms with E-state index in [0.29, 0.717) is 10.8 Å². The van der Waals surface area contributed by atoms with Gasteiger partial charge in [-0.3, -0.25) is 4.79 Å². The van der Waals surface area contributed by atoms with Crippen LogP contribution in [-0.2, 0) is 0 Å². The molecular weight excluding hydrogens is 250 g/mol. The molecule has 1 fully saturated rings. The molecule has 0 aromatic heterocycles. The van der Waals surface area contributed by atoms with Crippen molar-refractivity contribution in [2.75, 3.05) is 12.3 Å². The van der Waals surface area contributed by atoms with Gasteiger partial charge in [-0.15, -0.1) is 12.6 Å². The summed E-state index contributed by atoms with van der Waals surface area (Å²) in [4.78, 5) is 12.7. The lowest BCUT2D eigenvalue weighted by molar-refractivity contribution is 0.0953. The van der Waals surface area contributed by atoms with Gasteiger partial charge >= 0.3 is 0 Å². The maximum absolute atomic E-state index is 11.9. The molecule has 2 nitrogen and oxygen atoms in total. The van der Waals surface area contributed by atoms with E-state index in [0.717, 1.165) is 11.4 Å². The van der Waals surface area contributed by atoms with E-state index in [4.69, 9.17) is 0 Å². The van der Waals surface area contributed by atoms with Gasteiger partial charge in [-0.05, 0) is 42.9 Å². The second-order valence-corrected chi connectivity index (χ2v) is 6.17. The van der Waals surface area contributed by atoms with Crippen LogP contribution in [0.15, 0.2) is 29.2 Å². The summed E-state index contributed by atoms with van der Waals surface area (Å²) in [7, 11) is 0. The van der Waals surface area contributed by atoms with Crippen molar-refractivity contribution < 1.29 is 4.79 Å². The largest absolute Gasteiger partial charge is 0.351 e. The Balaban J connectivity index is 1.82. The lowest BCUT2D eigenvalue weighted by Gasteiger charge is -2.21. The molecule has 4 heteroatoms. The molecule has 0 spiro atoms. The number of amides is 1. The summed E-state index contributed by atoms with van der Waals surface area (Å²) in [6.45, 7) is 0.784. The molecule has 1 aromatic rings. The first-order chi connectivity index (χ1) is 8.25. The molecule has 2 rings (SSSR count). The van der Waals surface area contributed by atoms with Gasteiger partial charge in [-0.25, -0.2) is 0 Å². The molecule has 0 aliphatic carbocycles. The first-order valence-corrected chi connectivity index (χ1v) is 7.44. The summed E-state index contributed by atoms with van der Waals surface area (Å²) in [5.74, 6) is 1.25. The summed E-state index contributed by atoms with van der Waals surface area (Å²) in [6, 6.07) is 7.30. The zero-order valence-corrected chi connectivity index (χ0v) is 11.4. The molecule has 1 amide bonds. The lowest BCUT2D eigenvalue weighted by Crippen LogP contribution is -2.31. The van der Waals surface area contributed by atoms with Crippen molar-refractivity contribution >= 4 is 30.3 Å². The average molecular weight is 267 g/mol. The maximum atomic E-state index is 11.9. The SMILES string of the molecule is O=C(NCC1CCCCS1)c1ccc(S)cc1. The van der Waals surface area contributed by atoms with Crippen molar-refractivity contribution in [1.29, 1.82) is 0 Å². The van der Waals surface area contributed by atoms with Crippen LogP contribution in [0.2, 0.25) is 0 Å². The first-order valence-electron chi connectivity index (χ1n) is 5.94. The predicted molar refractivity (Wildman–Crippen MR) is 76.1 cm³/mol. The van der Waals surface area contributed by atoms with Gasteiger partial charge in [0.2, 0.25) is 0 Å². The summed E-state index contributed by atoms with van der Waals surface area (Å²) in [5, 5.41) is 3.60. The molecule has 0 saturated carbocycles. The molecule has 17 heavy (non-hydrogen) atoms. The van der Waals surface area contributed by atoms with Crippen LogP contribution >= 0.6 is 24.4 Å². The fourth-order valence-electron chi connectivity index (χ4n) is 1.89. The van der Waals surface area contributed by atoms with Gasteiger partial charge in [0.05, 0.1) is 0 Å². The van der Waals surface area contributed by atoms with Crippen molar-refractivity contribution in [1.82, 2.24) is 5.32 Å². The fourth-order valence-corrected chi connectivity index (χ4v) is 3.28. The Kier molecular flexibility index (Phi) is 4.80. The number of nitrogens with one attached hydrogen (secondary N) is 1. The molecule has 1 aromatic carbocycles. The number of hydrogen-bond acceptors (Lipinski definition) is 3. The molecular formula is C13H17NOS2. The van der Waals surface area contributed by atoms with E-state index in [-0.39, 0.29) is 5.91 Å². The molecule has 1 saturated heterocycles. The minimum atomic E-state index is 0.0181. The highest BCUT2D eigenvalue weighted by atomic mass is 32.2. The van der Waals surface area contributed by atoms with Gasteiger partial charge in [0.1, 0.15) is 0 Å². The third-order valence-corrected chi connectivity index (χ3v) is 4.59. The van der Waals surface area contributed by atoms with Gasteiger partial charge in [-0.2, -0.15) is 11.8 Å². The number of thiol groups is 1. The van der Waals surface area contributed by atoms with Crippen LogP contribution < -0.4 is 5.32 Å². The number of carbonyl (C=O) groups is 1. The van der Waals surface area contributed by atoms with E-state index >= 15 is 0 Å². The quantitative estimate of drug-likeness (QED) is 0.824. The lowest BCUT2D eigenvalue weighted by atomic mass is 10.1. The summed E-state index contributed by atoms with van der Waals surface area (Å²) < 4.78 is 0. The topological polar surface area (TPSA) is 29.1 Å². The van der Waals surface area contributed by atoms with E-state index in [9.17, 15) is 4.79 Å². The second kappa shape index (κ2) is 6.36. The number of hydrogen-bond donors (Lipinski definition) is 2. The number of benzene rings is 1. The Morgan fingerprint density at radius 3 is 2.76 bits per heavy atom. The van der Waals surface area contributed by atoms with E-state index in [2.05, 4.69) is 17.9 Å². The van der Waals surface area contributed by atoms with E-state index in [1.165, 1.54) is 25.0 Å². The van der Waals surface area contributed by atoms with Crippen LogP contribution in [0.1, 0.15) is 29.6 Å². The fraction of sp³-hybridized carbons (Fsp3) is 0.462. The van der Waals surface area contributed by atoms with Gasteiger partial charge in [-0.1, -0.05) is 6.42 Å². The van der Waals surface area contributed by atoms with Crippen molar-refractivity contribution in [2.45, 2.75) is 29.4 Å². The number of carbonyl (C=O) groups excluding carboxylic acids is 1. The van der Waals surface area contributed by atoms with Crippen LogP contribution in [0.25, 0.3) is 0 Å². The van der Waals surface area contributed by atoms with E-state index in [1.54, 1.807) is 0 Å². The van der Waals surface area contributed by atoms with Crippen LogP contribution in [-0.4, -0.2) is 23.5 Å². The van der Waals surface area contributed by atoms with Crippen LogP contribution in [0, 0.1) is 0 Å². The summed E-state index contributed by atoms with van der Waals surface area (Å²) in [5.41, 5.74) is 0.712. The van der Waals surface area contributed by atoms with E-state index in [1.807, 2.05) is 36.0 Å². The third-order valence-electron chi connectivity index (χ3n) is 2.89. The molecule has 1 unspecified atom stereocenters. The Bertz CT molecular complexity index is 372. The van der Waals surface area contributed by atoms with Gasteiger partial charge < -0.3 is 5.32 Å². The molecule has 1 N–H and O–H groups in total. The maximum Gasteiger partial charge on any atom is 0.251 e. The third kappa shape index (κ3) is 3.96. The van der Waals surface area contributed by atoms with E-state index < -0.39 is 0 Å². The first kappa shape index (κ1) is 12.8. The summed E-state index contributed by atoms with van der Waals surface area (Å²) >= 11 is 6.18. The Hall–Kier alpha value is -0.610. The molecule has 0 bridgehead atoms. The second-order valence-electron chi connectivity index (χ2n) is 4.25. The molecule has 1 aliphatic rings. The Morgan fingerprint density at radius 1 is 1.35 bits per heavy atom. The summed E-state index contributed by atoms with van der Waals surface area (Å²) in [6.07, 6.45) is 3.83. The number of thioether (sulfide) groups is 1. The normalized spacial score (nSPS) is 19.9. The molecule has 1 heterocycles. The Morgan fingerprint density at radius 2 is 2.12 bits per heavy atom. The van der Waals surface area contributed by atoms with Crippen molar-refractivity contribution in [2.24, 2.45) is 0 Å². The molecule has 1 atom stereocenters. The van der Waals surface area contributed by atoms with Crippen molar-refractivity contribution in [3.05, 3.63) is 29.8 Å². The predicted octanol–water partition coefficient (Wildman–Crippen LogP) is 2.99. The monoisotopic (exact) mass is 267 g/mol. The number of rotatable bonds is 3. The Labute approximate surface area is 112 Å². The molecule has 0 radical (unpaired) electrons. The average Bonchev–Trinajstić information content (AvgIpc) is 2.38. The van der Waals surface area contributed by atoms with Crippen molar-refractivity contribution in [3.63, 3.8) is 0 Å². The zero-order valence-electron chi connectivity index (χ0n) is 9.69. The minimum Gasteiger partial charge on any atom is -0.351 e. The highest BCUT2D eigenvalue weighted by Gasteiger charge is 2.15. The smallest absolute Gasteiger partial charge is 0.251 e. The van der Waals surface area contributed by atoms with Crippen molar-refractivity contribution in [3.8, 4) is 0 Å². The van der Waals surface area contributed by atoms with Gasteiger partial charge in [0, 0.05) is 22.3 Å². The standard InChI is InChI=1S/C13H17NOS2/c15-13(10-4-6-11(16)7-5-10)14-9-12-3-1-2-8-17-12/h4-7,12,16H,1-3,8-9H2,(H,14,15). The molecule has 92 valence electrons. The molecule has 1 aliphatic heterocycles. The van der Waals surface area contributed by atoms with Crippen LogP contribution in [0.3, 0.4) is 0 Å². The van der Waals surface area contributed by atoms with Crippen LogP contribution in [0.5, 0.6) is 0 Å². The highest BCUT2D eigenvalue weighted by molar-refractivity contribution is 7.99. The minimum absolute atomic E-state index is 0.0181. The zero-order chi connectivity index (χ0) is 12.1. The highest BCUT2D eigenvalue weighted by Crippen LogP contribution is 2.24. The van der Waals surface area contributed by atoms with Gasteiger partial charge in [0.15, 0.2) is 0 Å². The van der Waals surface area contributed by atoms with Crippen LogP contribution in [0.4, 0.5) is 0 Å².